The molecule has 2 rings (SSSR count). The van der Waals surface area contributed by atoms with Gasteiger partial charge in [0.2, 0.25) is 0 Å². The van der Waals surface area contributed by atoms with Gasteiger partial charge < -0.3 is 5.41 Å². The van der Waals surface area contributed by atoms with E-state index in [-0.39, 0.29) is 0 Å². The molecule has 0 amide bonds. The Balaban J connectivity index is 2.36. The predicted molar refractivity (Wildman–Crippen MR) is 49.3 cm³/mol. The van der Waals surface area contributed by atoms with E-state index in [1.165, 1.54) is 0 Å². The third kappa shape index (κ3) is 1.21. The molecule has 2 N–H and O–H groups in total. The zero-order valence-electron chi connectivity index (χ0n) is 6.54. The van der Waals surface area contributed by atoms with Crippen LogP contribution in [-0.2, 0) is 0 Å². The van der Waals surface area contributed by atoms with Gasteiger partial charge in [-0.05, 0) is 23.8 Å². The summed E-state index contributed by atoms with van der Waals surface area (Å²) in [6.45, 7) is 0. The first kappa shape index (κ1) is 7.03. The van der Waals surface area contributed by atoms with Gasteiger partial charge in [-0.15, -0.1) is 0 Å². The number of allylic oxidation sites excluding steroid dienone is 5. The van der Waals surface area contributed by atoms with E-state index >= 15 is 0 Å². The SMILES string of the molecule is N=C1C=CC2=C(C=CC=NN2)C1. The second kappa shape index (κ2) is 2.77. The first-order valence-corrected chi connectivity index (χ1v) is 3.80. The molecule has 0 fully saturated rings. The van der Waals surface area contributed by atoms with Crippen molar-refractivity contribution in [1.29, 1.82) is 5.41 Å². The molecule has 12 heavy (non-hydrogen) atoms. The van der Waals surface area contributed by atoms with Gasteiger partial charge in [0, 0.05) is 18.3 Å². The summed E-state index contributed by atoms with van der Waals surface area (Å²) in [4.78, 5) is 0. The summed E-state index contributed by atoms with van der Waals surface area (Å²) < 4.78 is 0. The summed E-state index contributed by atoms with van der Waals surface area (Å²) in [6.07, 6.45) is 9.93. The predicted octanol–water partition coefficient (Wildman–Crippen LogP) is 1.37. The summed E-state index contributed by atoms with van der Waals surface area (Å²) in [7, 11) is 0. The molecule has 0 aromatic rings. The highest BCUT2D eigenvalue weighted by Crippen LogP contribution is 2.17. The molecule has 3 nitrogen and oxygen atoms in total. The highest BCUT2D eigenvalue weighted by atomic mass is 15.3. The molecular formula is C9H9N3. The largest absolute Gasteiger partial charge is 0.305 e. The van der Waals surface area contributed by atoms with E-state index in [1.807, 2.05) is 18.2 Å². The molecule has 0 aromatic carbocycles. The quantitative estimate of drug-likeness (QED) is 0.551. The van der Waals surface area contributed by atoms with Crippen molar-refractivity contribution in [3.05, 3.63) is 35.6 Å². The normalized spacial score (nSPS) is 20.5. The molecule has 1 aliphatic carbocycles. The van der Waals surface area contributed by atoms with Crippen LogP contribution in [0.5, 0.6) is 0 Å². The average molecular weight is 159 g/mol. The van der Waals surface area contributed by atoms with Crippen LogP contribution >= 0.6 is 0 Å². The lowest BCUT2D eigenvalue weighted by atomic mass is 10.0. The summed E-state index contributed by atoms with van der Waals surface area (Å²) in [6, 6.07) is 0. The maximum Gasteiger partial charge on any atom is 0.0598 e. The molecule has 0 aromatic heterocycles. The van der Waals surface area contributed by atoms with Gasteiger partial charge in [0.05, 0.1) is 5.70 Å². The van der Waals surface area contributed by atoms with Crippen LogP contribution in [0.15, 0.2) is 40.7 Å². The number of nitrogens with one attached hydrogen (secondary N) is 2. The van der Waals surface area contributed by atoms with Crippen LogP contribution in [0.4, 0.5) is 0 Å². The Morgan fingerprint density at radius 3 is 3.17 bits per heavy atom. The molecule has 0 atom stereocenters. The maximum atomic E-state index is 7.46. The van der Waals surface area contributed by atoms with Crippen LogP contribution in [0.1, 0.15) is 6.42 Å². The zero-order chi connectivity index (χ0) is 8.39. The molecule has 60 valence electrons. The van der Waals surface area contributed by atoms with Gasteiger partial charge >= 0.3 is 0 Å². The lowest BCUT2D eigenvalue weighted by Crippen LogP contribution is -2.10. The standard InChI is InChI=1S/C9H9N3/c10-8-3-4-9-7(6-8)2-1-5-11-12-9/h1-5,10,12H,6H2. The summed E-state index contributed by atoms with van der Waals surface area (Å²) in [5.41, 5.74) is 5.67. The minimum Gasteiger partial charge on any atom is -0.305 e. The van der Waals surface area contributed by atoms with Gasteiger partial charge in [0.25, 0.3) is 0 Å². The Bertz CT molecular complexity index is 332. The molecule has 0 unspecified atom stereocenters. The van der Waals surface area contributed by atoms with E-state index in [9.17, 15) is 0 Å². The number of hydrogen-bond acceptors (Lipinski definition) is 3. The van der Waals surface area contributed by atoms with Crippen LogP contribution in [0.25, 0.3) is 0 Å². The second-order valence-electron chi connectivity index (χ2n) is 2.72. The van der Waals surface area contributed by atoms with E-state index in [2.05, 4.69) is 10.5 Å². The van der Waals surface area contributed by atoms with Crippen LogP contribution in [0.2, 0.25) is 0 Å². The minimum absolute atomic E-state index is 0.641. The second-order valence-corrected chi connectivity index (χ2v) is 2.72. The molecule has 2 aliphatic rings. The van der Waals surface area contributed by atoms with Gasteiger partial charge in [0.1, 0.15) is 0 Å². The minimum atomic E-state index is 0.641. The van der Waals surface area contributed by atoms with Crippen molar-refractivity contribution < 1.29 is 0 Å². The molecule has 3 heteroatoms. The fourth-order valence-corrected chi connectivity index (χ4v) is 1.22. The maximum absolute atomic E-state index is 7.46. The number of rotatable bonds is 0. The first-order valence-electron chi connectivity index (χ1n) is 3.80. The number of hydrogen-bond donors (Lipinski definition) is 2. The van der Waals surface area contributed by atoms with Crippen LogP contribution in [-0.4, -0.2) is 11.9 Å². The molecular weight excluding hydrogens is 150 g/mol. The fraction of sp³-hybridized carbons (Fsp3) is 0.111. The Labute approximate surface area is 70.7 Å². The summed E-state index contributed by atoms with van der Waals surface area (Å²) in [5.74, 6) is 0. The van der Waals surface area contributed by atoms with Crippen molar-refractivity contribution in [3.63, 3.8) is 0 Å². The Morgan fingerprint density at radius 2 is 2.25 bits per heavy atom. The molecule has 0 radical (unpaired) electrons. The van der Waals surface area contributed by atoms with E-state index in [4.69, 9.17) is 5.41 Å². The Kier molecular flexibility index (Phi) is 1.63. The molecule has 0 saturated heterocycles. The van der Waals surface area contributed by atoms with Gasteiger partial charge in [0.15, 0.2) is 0 Å². The zero-order valence-corrected chi connectivity index (χ0v) is 6.54. The molecule has 0 saturated carbocycles. The van der Waals surface area contributed by atoms with Crippen molar-refractivity contribution in [2.45, 2.75) is 6.42 Å². The Hall–Kier alpha value is -1.64. The van der Waals surface area contributed by atoms with Crippen molar-refractivity contribution in [3.8, 4) is 0 Å². The summed E-state index contributed by atoms with van der Waals surface area (Å²) >= 11 is 0. The smallest absolute Gasteiger partial charge is 0.0598 e. The van der Waals surface area contributed by atoms with Gasteiger partial charge in [-0.3, -0.25) is 5.43 Å². The van der Waals surface area contributed by atoms with Crippen molar-refractivity contribution in [2.24, 2.45) is 5.10 Å². The molecule has 0 spiro atoms. The van der Waals surface area contributed by atoms with E-state index < -0.39 is 0 Å². The highest BCUT2D eigenvalue weighted by molar-refractivity contribution is 5.96. The van der Waals surface area contributed by atoms with E-state index in [1.54, 1.807) is 12.3 Å². The average Bonchev–Trinajstić information content (AvgIpc) is 2.28. The van der Waals surface area contributed by atoms with Crippen molar-refractivity contribution in [2.75, 3.05) is 0 Å². The molecule has 1 aliphatic heterocycles. The summed E-state index contributed by atoms with van der Waals surface area (Å²) in [5, 5.41) is 11.4. The van der Waals surface area contributed by atoms with Gasteiger partial charge in [-0.2, -0.15) is 5.10 Å². The molecule has 1 heterocycles. The van der Waals surface area contributed by atoms with Crippen molar-refractivity contribution >= 4 is 11.9 Å². The first-order chi connectivity index (χ1) is 5.86. The van der Waals surface area contributed by atoms with Crippen LogP contribution < -0.4 is 5.43 Å². The van der Waals surface area contributed by atoms with Gasteiger partial charge in [-0.25, -0.2) is 0 Å². The van der Waals surface area contributed by atoms with E-state index in [0.717, 1.165) is 11.3 Å². The topological polar surface area (TPSA) is 48.2 Å². The molecule has 0 bridgehead atoms. The van der Waals surface area contributed by atoms with E-state index in [0.29, 0.717) is 12.1 Å². The third-order valence-corrected chi connectivity index (χ3v) is 1.82. The van der Waals surface area contributed by atoms with Crippen molar-refractivity contribution in [1.82, 2.24) is 5.43 Å². The monoisotopic (exact) mass is 159 g/mol. The number of hydrazone groups is 1. The fourth-order valence-electron chi connectivity index (χ4n) is 1.22. The Morgan fingerprint density at radius 1 is 1.33 bits per heavy atom. The highest BCUT2D eigenvalue weighted by Gasteiger charge is 2.09. The van der Waals surface area contributed by atoms with Crippen LogP contribution in [0, 0.1) is 5.41 Å². The lowest BCUT2D eigenvalue weighted by Gasteiger charge is -2.11. The number of nitrogens with zero attached hydrogens (tertiary/aromatic N) is 1. The lowest BCUT2D eigenvalue weighted by molar-refractivity contribution is 0.907. The van der Waals surface area contributed by atoms with Gasteiger partial charge in [-0.1, -0.05) is 6.08 Å². The van der Waals surface area contributed by atoms with Crippen LogP contribution in [0.3, 0.4) is 0 Å². The third-order valence-electron chi connectivity index (χ3n) is 1.82.